The monoisotopic (exact) mass is 251 g/mol. The van der Waals surface area contributed by atoms with Gasteiger partial charge >= 0.3 is 0 Å². The van der Waals surface area contributed by atoms with E-state index in [1.165, 1.54) is 0 Å². The van der Waals surface area contributed by atoms with Crippen molar-refractivity contribution in [1.82, 2.24) is 10.6 Å². The Balaban J connectivity index is 4.28. The standard InChI is InChI=1S/C14H25N3O/c1-7-15-13(12(6)10(2)3)16-8-9-17-14(18)11(4)5/h7,11,16H,2,8-9H2,1,3-6H3,(H,17,18)/b13-12+,15-7?. The normalized spacial score (nSPS) is 12.6. The summed E-state index contributed by atoms with van der Waals surface area (Å²) < 4.78 is 0. The van der Waals surface area contributed by atoms with Crippen LogP contribution in [-0.2, 0) is 4.79 Å². The average molecular weight is 251 g/mol. The van der Waals surface area contributed by atoms with Crippen molar-refractivity contribution in [2.45, 2.75) is 34.6 Å². The fraction of sp³-hybridized carbons (Fsp3) is 0.571. The molecule has 0 saturated heterocycles. The van der Waals surface area contributed by atoms with Gasteiger partial charge in [-0.15, -0.1) is 0 Å². The summed E-state index contributed by atoms with van der Waals surface area (Å²) in [5, 5.41) is 6.05. The van der Waals surface area contributed by atoms with Crippen molar-refractivity contribution in [3.63, 3.8) is 0 Å². The second kappa shape index (κ2) is 8.50. The van der Waals surface area contributed by atoms with Gasteiger partial charge in [0.05, 0.1) is 0 Å². The molecule has 0 aromatic heterocycles. The van der Waals surface area contributed by atoms with Gasteiger partial charge in [0.1, 0.15) is 5.82 Å². The molecule has 102 valence electrons. The van der Waals surface area contributed by atoms with Gasteiger partial charge in [0, 0.05) is 25.2 Å². The molecule has 4 heteroatoms. The summed E-state index contributed by atoms with van der Waals surface area (Å²) in [6, 6.07) is 0. The van der Waals surface area contributed by atoms with Crippen LogP contribution in [0.1, 0.15) is 34.6 Å². The fourth-order valence-electron chi connectivity index (χ4n) is 1.18. The van der Waals surface area contributed by atoms with Crippen molar-refractivity contribution in [3.8, 4) is 0 Å². The van der Waals surface area contributed by atoms with Gasteiger partial charge in [0.15, 0.2) is 0 Å². The first-order chi connectivity index (χ1) is 8.40. The largest absolute Gasteiger partial charge is 0.368 e. The van der Waals surface area contributed by atoms with Gasteiger partial charge in [0.2, 0.25) is 5.91 Å². The van der Waals surface area contributed by atoms with Gasteiger partial charge in [-0.05, 0) is 26.3 Å². The molecule has 0 spiro atoms. The third-order valence-electron chi connectivity index (χ3n) is 2.49. The Morgan fingerprint density at radius 1 is 1.28 bits per heavy atom. The van der Waals surface area contributed by atoms with Crippen LogP contribution in [-0.4, -0.2) is 25.2 Å². The number of nitrogens with one attached hydrogen (secondary N) is 2. The predicted molar refractivity (Wildman–Crippen MR) is 77.5 cm³/mol. The Kier molecular flexibility index (Phi) is 7.76. The van der Waals surface area contributed by atoms with E-state index in [1.807, 2.05) is 34.6 Å². The molecule has 0 rings (SSSR count). The van der Waals surface area contributed by atoms with E-state index in [0.29, 0.717) is 13.1 Å². The molecule has 0 heterocycles. The fourth-order valence-corrected chi connectivity index (χ4v) is 1.18. The van der Waals surface area contributed by atoms with Crippen LogP contribution in [0.15, 0.2) is 28.5 Å². The molecule has 0 aliphatic rings. The second-order valence-corrected chi connectivity index (χ2v) is 4.51. The van der Waals surface area contributed by atoms with E-state index in [1.54, 1.807) is 6.21 Å². The molecule has 4 nitrogen and oxygen atoms in total. The zero-order chi connectivity index (χ0) is 14.1. The first-order valence-electron chi connectivity index (χ1n) is 6.27. The maximum Gasteiger partial charge on any atom is 0.222 e. The van der Waals surface area contributed by atoms with Crippen molar-refractivity contribution >= 4 is 12.1 Å². The topological polar surface area (TPSA) is 53.5 Å². The lowest BCUT2D eigenvalue weighted by Crippen LogP contribution is -2.34. The molecule has 0 atom stereocenters. The minimum absolute atomic E-state index is 0.0193. The number of allylic oxidation sites excluding steroid dienone is 2. The zero-order valence-corrected chi connectivity index (χ0v) is 12.1. The minimum atomic E-state index is 0.0193. The lowest BCUT2D eigenvalue weighted by Gasteiger charge is -2.12. The average Bonchev–Trinajstić information content (AvgIpc) is 2.31. The number of hydrogen-bond acceptors (Lipinski definition) is 3. The van der Waals surface area contributed by atoms with E-state index in [9.17, 15) is 4.79 Å². The Morgan fingerprint density at radius 2 is 1.83 bits per heavy atom. The predicted octanol–water partition coefficient (Wildman–Crippen LogP) is 2.25. The van der Waals surface area contributed by atoms with Crippen LogP contribution in [0.5, 0.6) is 0 Å². The highest BCUT2D eigenvalue weighted by Gasteiger charge is 2.05. The van der Waals surface area contributed by atoms with Crippen LogP contribution in [0.4, 0.5) is 0 Å². The maximum atomic E-state index is 11.4. The summed E-state index contributed by atoms with van der Waals surface area (Å²) in [7, 11) is 0. The Bertz CT molecular complexity index is 354. The summed E-state index contributed by atoms with van der Waals surface area (Å²) in [6.07, 6.45) is 1.74. The second-order valence-electron chi connectivity index (χ2n) is 4.51. The highest BCUT2D eigenvalue weighted by Crippen LogP contribution is 2.10. The maximum absolute atomic E-state index is 11.4. The molecule has 0 aliphatic carbocycles. The van der Waals surface area contributed by atoms with E-state index in [0.717, 1.165) is 17.0 Å². The number of nitrogens with zero attached hydrogens (tertiary/aromatic N) is 1. The molecule has 0 saturated carbocycles. The Morgan fingerprint density at radius 3 is 2.28 bits per heavy atom. The summed E-state index contributed by atoms with van der Waals surface area (Å²) in [5.41, 5.74) is 2.01. The van der Waals surface area contributed by atoms with Crippen molar-refractivity contribution < 1.29 is 4.79 Å². The molecule has 1 amide bonds. The number of rotatable bonds is 7. The number of carbonyl (C=O) groups excluding carboxylic acids is 1. The van der Waals surface area contributed by atoms with Gasteiger partial charge in [0.25, 0.3) is 0 Å². The van der Waals surface area contributed by atoms with Crippen molar-refractivity contribution in [2.75, 3.05) is 13.1 Å². The van der Waals surface area contributed by atoms with Crippen LogP contribution in [0.25, 0.3) is 0 Å². The summed E-state index contributed by atoms with van der Waals surface area (Å²) in [5.74, 6) is 0.896. The summed E-state index contributed by atoms with van der Waals surface area (Å²) in [4.78, 5) is 15.6. The number of amides is 1. The molecule has 0 fully saturated rings. The summed E-state index contributed by atoms with van der Waals surface area (Å²) in [6.45, 7) is 14.7. The highest BCUT2D eigenvalue weighted by molar-refractivity contribution is 5.77. The van der Waals surface area contributed by atoms with Crippen molar-refractivity contribution in [2.24, 2.45) is 10.9 Å². The van der Waals surface area contributed by atoms with E-state index in [-0.39, 0.29) is 11.8 Å². The molecular weight excluding hydrogens is 226 g/mol. The number of hydrogen-bond donors (Lipinski definition) is 2. The molecule has 0 unspecified atom stereocenters. The van der Waals surface area contributed by atoms with Crippen LogP contribution in [0.2, 0.25) is 0 Å². The van der Waals surface area contributed by atoms with Gasteiger partial charge in [-0.1, -0.05) is 26.0 Å². The van der Waals surface area contributed by atoms with Gasteiger partial charge in [-0.2, -0.15) is 0 Å². The molecule has 0 bridgehead atoms. The highest BCUT2D eigenvalue weighted by atomic mass is 16.1. The molecule has 0 radical (unpaired) electrons. The number of aliphatic imine (C=N–C) groups is 1. The van der Waals surface area contributed by atoms with Gasteiger partial charge < -0.3 is 10.6 Å². The van der Waals surface area contributed by atoms with Crippen LogP contribution in [0, 0.1) is 5.92 Å². The SMILES string of the molecule is C=C(C)/C(C)=C(\N=CC)NCCNC(=O)C(C)C. The zero-order valence-electron chi connectivity index (χ0n) is 12.1. The third-order valence-corrected chi connectivity index (χ3v) is 2.49. The first-order valence-corrected chi connectivity index (χ1v) is 6.27. The van der Waals surface area contributed by atoms with Gasteiger partial charge in [-0.3, -0.25) is 4.79 Å². The molecule has 0 aromatic rings. The van der Waals surface area contributed by atoms with Crippen LogP contribution in [0.3, 0.4) is 0 Å². The van der Waals surface area contributed by atoms with Crippen LogP contribution >= 0.6 is 0 Å². The van der Waals surface area contributed by atoms with Crippen molar-refractivity contribution in [1.29, 1.82) is 0 Å². The molecular formula is C14H25N3O. The van der Waals surface area contributed by atoms with E-state index < -0.39 is 0 Å². The van der Waals surface area contributed by atoms with Crippen molar-refractivity contribution in [3.05, 3.63) is 23.5 Å². The lowest BCUT2D eigenvalue weighted by atomic mass is 10.1. The van der Waals surface area contributed by atoms with Gasteiger partial charge in [-0.25, -0.2) is 4.99 Å². The minimum Gasteiger partial charge on any atom is -0.368 e. The molecule has 0 aliphatic heterocycles. The Hall–Kier alpha value is -1.58. The quantitative estimate of drug-likeness (QED) is 0.414. The Labute approximate surface area is 110 Å². The molecule has 0 aromatic carbocycles. The smallest absolute Gasteiger partial charge is 0.222 e. The number of carbonyl (C=O) groups is 1. The van der Waals surface area contributed by atoms with E-state index >= 15 is 0 Å². The molecule has 18 heavy (non-hydrogen) atoms. The van der Waals surface area contributed by atoms with E-state index in [2.05, 4.69) is 22.2 Å². The summed E-state index contributed by atoms with van der Waals surface area (Å²) >= 11 is 0. The van der Waals surface area contributed by atoms with Crippen LogP contribution < -0.4 is 10.6 Å². The lowest BCUT2D eigenvalue weighted by molar-refractivity contribution is -0.123. The van der Waals surface area contributed by atoms with E-state index in [4.69, 9.17) is 0 Å². The third kappa shape index (κ3) is 6.23. The first kappa shape index (κ1) is 16.4. The molecule has 2 N–H and O–H groups in total.